The summed E-state index contributed by atoms with van der Waals surface area (Å²) in [6, 6.07) is 11.6. The molecule has 34 heavy (non-hydrogen) atoms. The highest BCUT2D eigenvalue weighted by Gasteiger charge is 2.20. The molecule has 3 aromatic heterocycles. The van der Waals surface area contributed by atoms with Crippen LogP contribution in [0.15, 0.2) is 54.9 Å². The number of rotatable bonds is 4. The van der Waals surface area contributed by atoms with Crippen molar-refractivity contribution < 1.29 is 14.0 Å². The first-order valence-electron chi connectivity index (χ1n) is 11.0. The Morgan fingerprint density at radius 1 is 1.15 bits per heavy atom. The fourth-order valence-corrected chi connectivity index (χ4v) is 4.05. The van der Waals surface area contributed by atoms with Gasteiger partial charge >= 0.3 is 6.03 Å². The Balaban J connectivity index is 1.35. The maximum absolute atomic E-state index is 13.9. The number of fused-ring (bicyclic) bond motifs is 1. The fourth-order valence-electron chi connectivity index (χ4n) is 4.05. The zero-order chi connectivity index (χ0) is 23.7. The van der Waals surface area contributed by atoms with E-state index in [0.717, 1.165) is 18.5 Å². The topological polar surface area (TPSA) is 97.1 Å². The van der Waals surface area contributed by atoms with E-state index in [1.165, 1.54) is 10.7 Å². The lowest BCUT2D eigenvalue weighted by Gasteiger charge is -2.26. The molecule has 0 aliphatic carbocycles. The minimum atomic E-state index is -0.359. The number of benzene rings is 1. The van der Waals surface area contributed by atoms with E-state index in [1.54, 1.807) is 53.2 Å². The van der Waals surface area contributed by atoms with Gasteiger partial charge in [0.25, 0.3) is 5.91 Å². The van der Waals surface area contributed by atoms with Crippen molar-refractivity contribution >= 4 is 23.0 Å². The Morgan fingerprint density at radius 2 is 1.94 bits per heavy atom. The number of hydrogen-bond acceptors (Lipinski definition) is 5. The molecular formula is C24H24FN7O2. The molecule has 1 saturated heterocycles. The third-order valence-corrected chi connectivity index (χ3v) is 5.97. The third kappa shape index (κ3) is 4.15. The Labute approximate surface area is 195 Å². The summed E-state index contributed by atoms with van der Waals surface area (Å²) in [5.74, 6) is -0.679. The van der Waals surface area contributed by atoms with Crippen LogP contribution in [0.4, 0.5) is 9.18 Å². The summed E-state index contributed by atoms with van der Waals surface area (Å²) in [5, 5.41) is 11.0. The summed E-state index contributed by atoms with van der Waals surface area (Å²) in [6.45, 7) is 2.91. The molecule has 0 saturated carbocycles. The standard InChI is InChI=1S/C24H24FN7O2/c1-30-21(23(33)27-13-17-4-2-3-5-19(17)25)12-16-6-7-20(29-22(16)30)18-14-28-32(15-18)24(34)31-10-8-26-9-11-31/h2-7,12,14-15,26H,8-11,13H2,1H3,(H,27,33). The van der Waals surface area contributed by atoms with Gasteiger partial charge in [0.15, 0.2) is 0 Å². The van der Waals surface area contributed by atoms with Crippen molar-refractivity contribution in [1.29, 1.82) is 0 Å². The SMILES string of the molecule is Cn1c(C(=O)NCc2ccccc2F)cc2ccc(-c3cnn(C(=O)N4CCNCC4)c3)nc21. The highest BCUT2D eigenvalue weighted by atomic mass is 19.1. The average molecular weight is 462 g/mol. The Morgan fingerprint density at radius 3 is 2.74 bits per heavy atom. The fraction of sp³-hybridized carbons (Fsp3) is 0.250. The molecule has 1 aromatic carbocycles. The van der Waals surface area contributed by atoms with Gasteiger partial charge in [0, 0.05) is 62.5 Å². The number of aromatic nitrogens is 4. The number of nitrogens with one attached hydrogen (secondary N) is 2. The summed E-state index contributed by atoms with van der Waals surface area (Å²) in [6.07, 6.45) is 3.28. The van der Waals surface area contributed by atoms with Crippen molar-refractivity contribution in [1.82, 2.24) is 34.9 Å². The molecule has 1 fully saturated rings. The monoisotopic (exact) mass is 461 g/mol. The molecule has 5 rings (SSSR count). The first-order chi connectivity index (χ1) is 16.5. The van der Waals surface area contributed by atoms with Gasteiger partial charge < -0.3 is 20.1 Å². The summed E-state index contributed by atoms with van der Waals surface area (Å²) in [5.41, 5.74) is 2.81. The summed E-state index contributed by atoms with van der Waals surface area (Å²) in [4.78, 5) is 31.9. The number of halogens is 1. The Hall–Kier alpha value is -4.05. The number of nitrogens with zero attached hydrogens (tertiary/aromatic N) is 5. The van der Waals surface area contributed by atoms with Crippen LogP contribution in [-0.2, 0) is 13.6 Å². The minimum absolute atomic E-state index is 0.0893. The molecule has 0 atom stereocenters. The number of hydrogen-bond donors (Lipinski definition) is 2. The second-order valence-electron chi connectivity index (χ2n) is 8.17. The van der Waals surface area contributed by atoms with E-state index in [9.17, 15) is 14.0 Å². The van der Waals surface area contributed by atoms with E-state index in [4.69, 9.17) is 4.98 Å². The van der Waals surface area contributed by atoms with E-state index < -0.39 is 0 Å². The van der Waals surface area contributed by atoms with Crippen LogP contribution in [0.3, 0.4) is 0 Å². The first kappa shape index (κ1) is 21.8. The van der Waals surface area contributed by atoms with Crippen LogP contribution in [0.5, 0.6) is 0 Å². The van der Waals surface area contributed by atoms with Crippen LogP contribution in [-0.4, -0.2) is 62.3 Å². The third-order valence-electron chi connectivity index (χ3n) is 5.97. The molecule has 0 unspecified atom stereocenters. The van der Waals surface area contributed by atoms with E-state index in [1.807, 2.05) is 12.1 Å². The van der Waals surface area contributed by atoms with E-state index in [0.29, 0.717) is 41.3 Å². The summed E-state index contributed by atoms with van der Waals surface area (Å²) < 4.78 is 16.9. The molecule has 10 heteroatoms. The molecular weight excluding hydrogens is 437 g/mol. The van der Waals surface area contributed by atoms with Gasteiger partial charge in [-0.2, -0.15) is 9.78 Å². The van der Waals surface area contributed by atoms with Crippen LogP contribution in [0, 0.1) is 5.82 Å². The van der Waals surface area contributed by atoms with Gasteiger partial charge in [0.05, 0.1) is 11.9 Å². The van der Waals surface area contributed by atoms with Crippen LogP contribution >= 0.6 is 0 Å². The van der Waals surface area contributed by atoms with Gasteiger partial charge in [-0.3, -0.25) is 4.79 Å². The Bertz CT molecular complexity index is 1370. The van der Waals surface area contributed by atoms with Crippen molar-refractivity contribution in [3.8, 4) is 11.3 Å². The van der Waals surface area contributed by atoms with Crippen molar-refractivity contribution in [3.05, 3.63) is 71.9 Å². The molecule has 0 radical (unpaired) electrons. The van der Waals surface area contributed by atoms with Crippen LogP contribution < -0.4 is 10.6 Å². The smallest absolute Gasteiger partial charge is 0.344 e. The van der Waals surface area contributed by atoms with Crippen LogP contribution in [0.2, 0.25) is 0 Å². The zero-order valence-corrected chi connectivity index (χ0v) is 18.7. The van der Waals surface area contributed by atoms with Crippen molar-refractivity contribution in [2.45, 2.75) is 6.54 Å². The van der Waals surface area contributed by atoms with Crippen molar-refractivity contribution in [3.63, 3.8) is 0 Å². The normalized spacial score (nSPS) is 13.9. The number of carbonyl (C=O) groups is 2. The largest absolute Gasteiger partial charge is 0.347 e. The van der Waals surface area contributed by atoms with Crippen molar-refractivity contribution in [2.75, 3.05) is 26.2 Å². The molecule has 2 amide bonds. The molecule has 4 heterocycles. The second-order valence-corrected chi connectivity index (χ2v) is 8.17. The van der Waals surface area contributed by atoms with Crippen LogP contribution in [0.1, 0.15) is 16.1 Å². The highest BCUT2D eigenvalue weighted by molar-refractivity contribution is 5.98. The molecule has 0 spiro atoms. The molecule has 174 valence electrons. The maximum atomic E-state index is 13.9. The molecule has 2 N–H and O–H groups in total. The predicted molar refractivity (Wildman–Crippen MR) is 125 cm³/mol. The van der Waals surface area contributed by atoms with E-state index in [-0.39, 0.29) is 24.3 Å². The van der Waals surface area contributed by atoms with Gasteiger partial charge in [-0.25, -0.2) is 14.2 Å². The lowest BCUT2D eigenvalue weighted by Crippen LogP contribution is -2.48. The molecule has 1 aliphatic heterocycles. The molecule has 4 aromatic rings. The average Bonchev–Trinajstić information content (AvgIpc) is 3.48. The Kier molecular flexibility index (Phi) is 5.81. The number of amides is 2. The zero-order valence-electron chi connectivity index (χ0n) is 18.7. The number of aryl methyl sites for hydroxylation is 1. The van der Waals surface area contributed by atoms with Crippen LogP contribution in [0.25, 0.3) is 22.3 Å². The van der Waals surface area contributed by atoms with Gasteiger partial charge in [-0.05, 0) is 24.3 Å². The van der Waals surface area contributed by atoms with Gasteiger partial charge in [0.1, 0.15) is 17.2 Å². The minimum Gasteiger partial charge on any atom is -0.347 e. The maximum Gasteiger partial charge on any atom is 0.344 e. The summed E-state index contributed by atoms with van der Waals surface area (Å²) >= 11 is 0. The summed E-state index contributed by atoms with van der Waals surface area (Å²) in [7, 11) is 1.76. The highest BCUT2D eigenvalue weighted by Crippen LogP contribution is 2.23. The number of carbonyl (C=O) groups excluding carboxylic acids is 2. The molecule has 1 aliphatic rings. The number of piperazine rings is 1. The van der Waals surface area contributed by atoms with Gasteiger partial charge in [0.2, 0.25) is 0 Å². The lowest BCUT2D eigenvalue weighted by atomic mass is 10.2. The molecule has 9 nitrogen and oxygen atoms in total. The van der Waals surface area contributed by atoms with Gasteiger partial charge in [-0.15, -0.1) is 0 Å². The van der Waals surface area contributed by atoms with Gasteiger partial charge in [-0.1, -0.05) is 18.2 Å². The second kappa shape index (κ2) is 9.06. The van der Waals surface area contributed by atoms with E-state index in [2.05, 4.69) is 15.7 Å². The van der Waals surface area contributed by atoms with Crippen molar-refractivity contribution in [2.24, 2.45) is 7.05 Å². The first-order valence-corrected chi connectivity index (χ1v) is 11.0. The van der Waals surface area contributed by atoms with E-state index >= 15 is 0 Å². The molecule has 0 bridgehead atoms. The lowest BCUT2D eigenvalue weighted by molar-refractivity contribution is 0.0942. The predicted octanol–water partition coefficient (Wildman–Crippen LogP) is 2.38. The quantitative estimate of drug-likeness (QED) is 0.487. The number of pyridine rings is 1.